The van der Waals surface area contributed by atoms with Gasteiger partial charge < -0.3 is 14.6 Å². The largest absolute Gasteiger partial charge is 0.469 e. The Morgan fingerprint density at radius 2 is 2.21 bits per heavy atom. The van der Waals surface area contributed by atoms with Crippen LogP contribution in [0.2, 0.25) is 0 Å². The molecule has 24 heavy (non-hydrogen) atoms. The van der Waals surface area contributed by atoms with Gasteiger partial charge in [0.25, 0.3) is 0 Å². The van der Waals surface area contributed by atoms with Crippen LogP contribution in [0.25, 0.3) is 0 Å². The van der Waals surface area contributed by atoms with Crippen molar-refractivity contribution >= 4 is 17.4 Å². The molecule has 0 spiro atoms. The van der Waals surface area contributed by atoms with E-state index in [4.69, 9.17) is 4.42 Å². The number of thiazole rings is 1. The number of aryl methyl sites for hydroxylation is 1. The normalized spacial score (nSPS) is 17.0. The summed E-state index contributed by atoms with van der Waals surface area (Å²) in [7, 11) is 0. The van der Waals surface area contributed by atoms with Crippen LogP contribution in [0, 0.1) is 6.92 Å². The second-order valence-electron chi connectivity index (χ2n) is 6.26. The minimum atomic E-state index is 0.0122. The molecule has 7 heteroatoms. The van der Waals surface area contributed by atoms with Crippen LogP contribution in [0.5, 0.6) is 0 Å². The Labute approximate surface area is 146 Å². The van der Waals surface area contributed by atoms with Gasteiger partial charge >= 0.3 is 6.03 Å². The van der Waals surface area contributed by atoms with Crippen LogP contribution in [0.4, 0.5) is 4.79 Å². The molecule has 0 bridgehead atoms. The second kappa shape index (κ2) is 7.81. The van der Waals surface area contributed by atoms with Gasteiger partial charge in [-0.1, -0.05) is 0 Å². The lowest BCUT2D eigenvalue weighted by Gasteiger charge is -2.34. The van der Waals surface area contributed by atoms with Crippen molar-refractivity contribution in [1.82, 2.24) is 20.1 Å². The number of amides is 2. The predicted molar refractivity (Wildman–Crippen MR) is 94.1 cm³/mol. The van der Waals surface area contributed by atoms with Crippen LogP contribution in [0.15, 0.2) is 28.2 Å². The molecule has 0 saturated carbocycles. The third kappa shape index (κ3) is 4.58. The lowest BCUT2D eigenvalue weighted by atomic mass is 10.2. The molecule has 1 fully saturated rings. The summed E-state index contributed by atoms with van der Waals surface area (Å²) in [5.41, 5.74) is 1.13. The van der Waals surface area contributed by atoms with E-state index in [0.29, 0.717) is 6.42 Å². The van der Waals surface area contributed by atoms with Crippen molar-refractivity contribution in [1.29, 1.82) is 0 Å². The number of carbonyl (C=O) groups excluding carboxylic acids is 1. The molecule has 2 aromatic heterocycles. The summed E-state index contributed by atoms with van der Waals surface area (Å²) in [6.45, 7) is 8.17. The van der Waals surface area contributed by atoms with Gasteiger partial charge in [0.15, 0.2) is 0 Å². The van der Waals surface area contributed by atoms with Gasteiger partial charge in [-0.25, -0.2) is 9.78 Å². The number of carbonyl (C=O) groups is 1. The SMILES string of the molecule is Cc1nc(CN2CCN(C(=O)NC(C)Cc3ccco3)CC2)cs1. The maximum Gasteiger partial charge on any atom is 0.317 e. The molecule has 3 rings (SSSR count). The van der Waals surface area contributed by atoms with E-state index in [9.17, 15) is 4.79 Å². The number of hydrogen-bond acceptors (Lipinski definition) is 5. The Bertz CT molecular complexity index is 647. The molecule has 1 N–H and O–H groups in total. The predicted octanol–water partition coefficient (Wildman–Crippen LogP) is 2.50. The number of furan rings is 1. The summed E-state index contributed by atoms with van der Waals surface area (Å²) in [6.07, 6.45) is 2.37. The van der Waals surface area contributed by atoms with Gasteiger partial charge in [-0.3, -0.25) is 4.90 Å². The van der Waals surface area contributed by atoms with Gasteiger partial charge in [-0.15, -0.1) is 11.3 Å². The molecule has 1 unspecified atom stereocenters. The zero-order valence-corrected chi connectivity index (χ0v) is 15.0. The van der Waals surface area contributed by atoms with E-state index < -0.39 is 0 Å². The van der Waals surface area contributed by atoms with Crippen LogP contribution in [0.1, 0.15) is 23.4 Å². The van der Waals surface area contributed by atoms with Crippen LogP contribution >= 0.6 is 11.3 Å². The molecule has 0 aliphatic carbocycles. The smallest absolute Gasteiger partial charge is 0.317 e. The first-order valence-corrected chi connectivity index (χ1v) is 9.19. The highest BCUT2D eigenvalue weighted by molar-refractivity contribution is 7.09. The molecule has 1 aliphatic rings. The molecule has 2 amide bonds. The zero-order chi connectivity index (χ0) is 16.9. The van der Waals surface area contributed by atoms with Crippen molar-refractivity contribution in [2.24, 2.45) is 0 Å². The van der Waals surface area contributed by atoms with E-state index >= 15 is 0 Å². The first-order valence-electron chi connectivity index (χ1n) is 8.31. The van der Waals surface area contributed by atoms with Gasteiger partial charge in [-0.05, 0) is 26.0 Å². The number of rotatable bonds is 5. The lowest BCUT2D eigenvalue weighted by Crippen LogP contribution is -2.53. The van der Waals surface area contributed by atoms with Crippen molar-refractivity contribution in [2.45, 2.75) is 32.9 Å². The van der Waals surface area contributed by atoms with Crippen molar-refractivity contribution in [3.63, 3.8) is 0 Å². The zero-order valence-electron chi connectivity index (χ0n) is 14.2. The van der Waals surface area contributed by atoms with E-state index in [1.807, 2.05) is 30.9 Å². The monoisotopic (exact) mass is 348 g/mol. The van der Waals surface area contributed by atoms with Gasteiger partial charge in [0.2, 0.25) is 0 Å². The highest BCUT2D eigenvalue weighted by atomic mass is 32.1. The molecule has 6 nitrogen and oxygen atoms in total. The Balaban J connectivity index is 1.41. The van der Waals surface area contributed by atoms with Gasteiger partial charge in [-0.2, -0.15) is 0 Å². The first kappa shape index (κ1) is 17.0. The molecule has 1 saturated heterocycles. The third-order valence-electron chi connectivity index (χ3n) is 4.17. The minimum absolute atomic E-state index is 0.0122. The van der Waals surface area contributed by atoms with Crippen molar-refractivity contribution < 1.29 is 9.21 Å². The molecule has 130 valence electrons. The number of piperazine rings is 1. The summed E-state index contributed by atoms with van der Waals surface area (Å²) in [4.78, 5) is 21.1. The second-order valence-corrected chi connectivity index (χ2v) is 7.32. The Kier molecular flexibility index (Phi) is 5.52. The average molecular weight is 348 g/mol. The molecular weight excluding hydrogens is 324 g/mol. The van der Waals surface area contributed by atoms with Crippen LogP contribution < -0.4 is 5.32 Å². The number of aromatic nitrogens is 1. The van der Waals surface area contributed by atoms with Gasteiger partial charge in [0, 0.05) is 50.6 Å². The van der Waals surface area contributed by atoms with Crippen molar-refractivity contribution in [2.75, 3.05) is 26.2 Å². The summed E-state index contributed by atoms with van der Waals surface area (Å²) in [6, 6.07) is 3.87. The molecule has 0 aromatic carbocycles. The topological polar surface area (TPSA) is 61.6 Å². The highest BCUT2D eigenvalue weighted by Crippen LogP contribution is 2.12. The van der Waals surface area contributed by atoms with Crippen LogP contribution in [-0.2, 0) is 13.0 Å². The average Bonchev–Trinajstić information content (AvgIpc) is 3.20. The van der Waals surface area contributed by atoms with E-state index in [2.05, 4.69) is 20.6 Å². The molecule has 0 radical (unpaired) electrons. The molecule has 1 aliphatic heterocycles. The van der Waals surface area contributed by atoms with E-state index in [-0.39, 0.29) is 12.1 Å². The maximum atomic E-state index is 12.4. The number of nitrogens with one attached hydrogen (secondary N) is 1. The Morgan fingerprint density at radius 3 is 2.83 bits per heavy atom. The summed E-state index contributed by atoms with van der Waals surface area (Å²) in [5, 5.41) is 6.27. The van der Waals surface area contributed by atoms with E-state index in [1.165, 1.54) is 0 Å². The highest BCUT2D eigenvalue weighted by Gasteiger charge is 2.22. The molecule has 3 heterocycles. The fraction of sp³-hybridized carbons (Fsp3) is 0.529. The summed E-state index contributed by atoms with van der Waals surface area (Å²) < 4.78 is 5.33. The minimum Gasteiger partial charge on any atom is -0.469 e. The van der Waals surface area contributed by atoms with E-state index in [0.717, 1.165) is 49.2 Å². The number of hydrogen-bond donors (Lipinski definition) is 1. The van der Waals surface area contributed by atoms with E-state index in [1.54, 1.807) is 17.6 Å². The van der Waals surface area contributed by atoms with Crippen molar-refractivity contribution in [3.05, 3.63) is 40.2 Å². The standard InChI is InChI=1S/C17H24N4O2S/c1-13(10-16-4-3-9-23-16)18-17(22)21-7-5-20(6-8-21)11-15-12-24-14(2)19-15/h3-4,9,12-13H,5-8,10-11H2,1-2H3,(H,18,22). The summed E-state index contributed by atoms with van der Waals surface area (Å²) in [5.74, 6) is 0.895. The fourth-order valence-corrected chi connectivity index (χ4v) is 3.51. The molecular formula is C17H24N4O2S. The van der Waals surface area contributed by atoms with Crippen molar-refractivity contribution in [3.8, 4) is 0 Å². The third-order valence-corrected chi connectivity index (χ3v) is 4.99. The van der Waals surface area contributed by atoms with Gasteiger partial charge in [0.1, 0.15) is 5.76 Å². The van der Waals surface area contributed by atoms with Crippen LogP contribution in [-0.4, -0.2) is 53.0 Å². The van der Waals surface area contributed by atoms with Gasteiger partial charge in [0.05, 0.1) is 17.0 Å². The van der Waals surface area contributed by atoms with Crippen LogP contribution in [0.3, 0.4) is 0 Å². The quantitative estimate of drug-likeness (QED) is 0.902. The molecule has 1 atom stereocenters. The Morgan fingerprint density at radius 1 is 1.42 bits per heavy atom. The summed E-state index contributed by atoms with van der Waals surface area (Å²) >= 11 is 1.69. The maximum absolute atomic E-state index is 12.4. The first-order chi connectivity index (χ1) is 11.6. The fourth-order valence-electron chi connectivity index (χ4n) is 2.90. The lowest BCUT2D eigenvalue weighted by molar-refractivity contribution is 0.133. The Hall–Kier alpha value is -1.86. The number of nitrogens with zero attached hydrogens (tertiary/aromatic N) is 3. The molecule has 2 aromatic rings. The number of urea groups is 1.